The largest absolute Gasteiger partial charge is 0.367 e. The topological polar surface area (TPSA) is 122 Å². The zero-order chi connectivity index (χ0) is 18.8. The maximum absolute atomic E-state index is 12.2. The number of rotatable bonds is 7. The molecule has 1 aromatic heterocycles. The van der Waals surface area contributed by atoms with Crippen LogP contribution >= 0.6 is 0 Å². The number of amides is 2. The van der Waals surface area contributed by atoms with Crippen LogP contribution in [0.4, 0.5) is 11.8 Å². The monoisotopic (exact) mass is 374 g/mol. The highest BCUT2D eigenvalue weighted by Crippen LogP contribution is 2.29. The highest BCUT2D eigenvalue weighted by Gasteiger charge is 2.31. The van der Waals surface area contributed by atoms with Gasteiger partial charge in [0.15, 0.2) is 0 Å². The van der Waals surface area contributed by atoms with Gasteiger partial charge in [0.2, 0.25) is 11.9 Å². The van der Waals surface area contributed by atoms with E-state index in [0.29, 0.717) is 29.4 Å². The van der Waals surface area contributed by atoms with Crippen molar-refractivity contribution in [1.29, 1.82) is 0 Å². The SMILES string of the molecule is NC(=O)c1cnc(NC2CCC2)nc1NC1CCC(C(=O)NC2CC2)CC1.[HH]. The van der Waals surface area contributed by atoms with Crippen LogP contribution < -0.4 is 21.7 Å². The van der Waals surface area contributed by atoms with Crippen molar-refractivity contribution in [2.24, 2.45) is 11.7 Å². The van der Waals surface area contributed by atoms with Gasteiger partial charge in [-0.2, -0.15) is 4.98 Å². The Bertz CT molecular complexity index is 714. The third-order valence-corrected chi connectivity index (χ3v) is 5.86. The van der Waals surface area contributed by atoms with Crippen molar-refractivity contribution in [3.05, 3.63) is 11.8 Å². The molecule has 0 radical (unpaired) electrons. The maximum atomic E-state index is 12.2. The fraction of sp³-hybridized carbons (Fsp3) is 0.684. The van der Waals surface area contributed by atoms with Gasteiger partial charge in [0, 0.05) is 31.7 Å². The van der Waals surface area contributed by atoms with Crippen LogP contribution in [0.25, 0.3) is 0 Å². The summed E-state index contributed by atoms with van der Waals surface area (Å²) in [6, 6.07) is 1.01. The van der Waals surface area contributed by atoms with E-state index in [0.717, 1.165) is 51.4 Å². The molecule has 8 nitrogen and oxygen atoms in total. The number of hydrogen-bond donors (Lipinski definition) is 4. The molecule has 0 bridgehead atoms. The summed E-state index contributed by atoms with van der Waals surface area (Å²) in [5.41, 5.74) is 5.80. The van der Waals surface area contributed by atoms with Crippen LogP contribution in [-0.4, -0.2) is 39.9 Å². The summed E-state index contributed by atoms with van der Waals surface area (Å²) in [7, 11) is 0. The van der Waals surface area contributed by atoms with Crippen molar-refractivity contribution in [2.45, 2.75) is 75.9 Å². The van der Waals surface area contributed by atoms with E-state index in [4.69, 9.17) is 5.73 Å². The molecule has 0 atom stereocenters. The van der Waals surface area contributed by atoms with Crippen LogP contribution in [0.3, 0.4) is 0 Å². The van der Waals surface area contributed by atoms with Gasteiger partial charge in [-0.15, -0.1) is 0 Å². The number of carbonyl (C=O) groups excluding carboxylic acids is 2. The molecule has 3 aliphatic rings. The Morgan fingerprint density at radius 2 is 1.63 bits per heavy atom. The molecule has 3 saturated carbocycles. The molecular weight excluding hydrogens is 344 g/mol. The van der Waals surface area contributed by atoms with Crippen molar-refractivity contribution in [3.63, 3.8) is 0 Å². The first-order valence-corrected chi connectivity index (χ1v) is 10.1. The molecule has 4 rings (SSSR count). The van der Waals surface area contributed by atoms with Gasteiger partial charge in [0.1, 0.15) is 5.82 Å². The number of anilines is 2. The standard InChI is InChI=1S/C19H28N6O2.H2/c20-16(26)15-10-21-19(24-12-2-1-3-12)25-17(15)22-13-6-4-11(5-7-13)18(27)23-14-8-9-14;/h10-14H,1-9H2,(H2,20,26)(H,23,27)(H2,21,22,24,25);1H. The zero-order valence-electron chi connectivity index (χ0n) is 15.5. The summed E-state index contributed by atoms with van der Waals surface area (Å²) in [6.45, 7) is 0. The van der Waals surface area contributed by atoms with E-state index < -0.39 is 5.91 Å². The molecule has 0 aromatic carbocycles. The Labute approximate surface area is 160 Å². The lowest BCUT2D eigenvalue weighted by Gasteiger charge is -2.29. The lowest BCUT2D eigenvalue weighted by Crippen LogP contribution is -2.37. The third-order valence-electron chi connectivity index (χ3n) is 5.86. The second-order valence-corrected chi connectivity index (χ2v) is 8.07. The molecule has 2 amide bonds. The molecule has 3 fully saturated rings. The van der Waals surface area contributed by atoms with Crippen molar-refractivity contribution >= 4 is 23.6 Å². The summed E-state index contributed by atoms with van der Waals surface area (Å²) in [4.78, 5) is 32.7. The first kappa shape index (κ1) is 18.0. The molecule has 148 valence electrons. The Balaban J connectivity index is 0.00000225. The summed E-state index contributed by atoms with van der Waals surface area (Å²) in [5, 5.41) is 9.77. The van der Waals surface area contributed by atoms with Crippen molar-refractivity contribution < 1.29 is 11.0 Å². The molecule has 0 aliphatic heterocycles. The maximum Gasteiger partial charge on any atom is 0.254 e. The number of carbonyl (C=O) groups is 2. The first-order chi connectivity index (χ1) is 13.1. The molecule has 8 heteroatoms. The minimum Gasteiger partial charge on any atom is -0.367 e. The smallest absolute Gasteiger partial charge is 0.254 e. The van der Waals surface area contributed by atoms with Crippen molar-refractivity contribution in [2.75, 3.05) is 10.6 Å². The number of hydrogen-bond acceptors (Lipinski definition) is 6. The fourth-order valence-corrected chi connectivity index (χ4v) is 3.72. The minimum absolute atomic E-state index is 0. The molecule has 5 N–H and O–H groups in total. The van der Waals surface area contributed by atoms with Crippen LogP contribution in [0.15, 0.2) is 6.20 Å². The Morgan fingerprint density at radius 1 is 0.963 bits per heavy atom. The first-order valence-electron chi connectivity index (χ1n) is 10.1. The van der Waals surface area contributed by atoms with Crippen molar-refractivity contribution in [1.82, 2.24) is 15.3 Å². The van der Waals surface area contributed by atoms with E-state index in [9.17, 15) is 9.59 Å². The van der Waals surface area contributed by atoms with Crippen LogP contribution in [0.5, 0.6) is 0 Å². The van der Waals surface area contributed by atoms with E-state index in [1.165, 1.54) is 12.6 Å². The summed E-state index contributed by atoms with van der Waals surface area (Å²) in [5.74, 6) is 0.781. The predicted octanol–water partition coefficient (Wildman–Crippen LogP) is 2.04. The number of nitrogens with two attached hydrogens (primary N) is 1. The highest BCUT2D eigenvalue weighted by atomic mass is 16.2. The summed E-state index contributed by atoms with van der Waals surface area (Å²) < 4.78 is 0. The predicted molar refractivity (Wildman–Crippen MR) is 104 cm³/mol. The van der Waals surface area contributed by atoms with Gasteiger partial charge in [-0.05, 0) is 57.8 Å². The Kier molecular flexibility index (Phi) is 5.13. The molecule has 0 unspecified atom stereocenters. The molecule has 1 aromatic rings. The van der Waals surface area contributed by atoms with E-state index in [-0.39, 0.29) is 19.3 Å². The zero-order valence-corrected chi connectivity index (χ0v) is 15.5. The Morgan fingerprint density at radius 3 is 2.22 bits per heavy atom. The van der Waals surface area contributed by atoms with Gasteiger partial charge >= 0.3 is 0 Å². The number of nitrogens with one attached hydrogen (secondary N) is 3. The number of primary amides is 1. The third kappa shape index (κ3) is 4.48. The lowest BCUT2D eigenvalue weighted by atomic mass is 9.85. The van der Waals surface area contributed by atoms with Crippen LogP contribution in [-0.2, 0) is 4.79 Å². The molecule has 0 saturated heterocycles. The highest BCUT2D eigenvalue weighted by molar-refractivity contribution is 5.97. The minimum atomic E-state index is -0.537. The van der Waals surface area contributed by atoms with Gasteiger partial charge in [0.25, 0.3) is 5.91 Å². The van der Waals surface area contributed by atoms with Gasteiger partial charge in [0.05, 0.1) is 5.56 Å². The average Bonchev–Trinajstić information content (AvgIpc) is 3.43. The van der Waals surface area contributed by atoms with Crippen molar-refractivity contribution in [3.8, 4) is 0 Å². The van der Waals surface area contributed by atoms with Crippen LogP contribution in [0.1, 0.15) is 69.6 Å². The van der Waals surface area contributed by atoms with Crippen LogP contribution in [0, 0.1) is 5.92 Å². The lowest BCUT2D eigenvalue weighted by molar-refractivity contribution is -0.126. The molecule has 27 heavy (non-hydrogen) atoms. The number of nitrogens with zero attached hydrogens (tertiary/aromatic N) is 2. The van der Waals surface area contributed by atoms with E-state index in [1.807, 2.05) is 0 Å². The van der Waals surface area contributed by atoms with Gasteiger partial charge in [-0.25, -0.2) is 4.98 Å². The van der Waals surface area contributed by atoms with Gasteiger partial charge < -0.3 is 21.7 Å². The molecule has 1 heterocycles. The average molecular weight is 374 g/mol. The van der Waals surface area contributed by atoms with Gasteiger partial charge in [-0.1, -0.05) is 0 Å². The van der Waals surface area contributed by atoms with E-state index in [1.54, 1.807) is 0 Å². The second kappa shape index (κ2) is 7.70. The molecule has 3 aliphatic carbocycles. The van der Waals surface area contributed by atoms with E-state index in [2.05, 4.69) is 25.9 Å². The Hall–Kier alpha value is -2.38. The quantitative estimate of drug-likeness (QED) is 0.579. The molecular formula is C19H30N6O2. The van der Waals surface area contributed by atoms with Crippen LogP contribution in [0.2, 0.25) is 0 Å². The van der Waals surface area contributed by atoms with Gasteiger partial charge in [-0.3, -0.25) is 9.59 Å². The fourth-order valence-electron chi connectivity index (χ4n) is 3.72. The molecule has 0 spiro atoms. The summed E-state index contributed by atoms with van der Waals surface area (Å²) in [6.07, 6.45) is 10.6. The normalized spacial score (nSPS) is 25.3. The summed E-state index contributed by atoms with van der Waals surface area (Å²) >= 11 is 0. The van der Waals surface area contributed by atoms with E-state index >= 15 is 0 Å². The number of aromatic nitrogens is 2. The second-order valence-electron chi connectivity index (χ2n) is 8.07.